The van der Waals surface area contributed by atoms with Crippen molar-refractivity contribution in [1.29, 1.82) is 0 Å². The zero-order valence-corrected chi connectivity index (χ0v) is 12.1. The molecule has 1 aromatic rings. The summed E-state index contributed by atoms with van der Waals surface area (Å²) in [4.78, 5) is 24.3. The van der Waals surface area contributed by atoms with Crippen LogP contribution in [0, 0.1) is 12.8 Å². The van der Waals surface area contributed by atoms with Crippen molar-refractivity contribution in [3.05, 3.63) is 35.4 Å². The van der Waals surface area contributed by atoms with Crippen molar-refractivity contribution in [2.24, 2.45) is 5.92 Å². The topological polar surface area (TPSA) is 52.6 Å². The Bertz CT molecular complexity index is 523. The van der Waals surface area contributed by atoms with Crippen molar-refractivity contribution in [3.63, 3.8) is 0 Å². The lowest BCUT2D eigenvalue weighted by molar-refractivity contribution is -0.152. The predicted octanol–water partition coefficient (Wildman–Crippen LogP) is 2.38. The molecule has 0 heterocycles. The van der Waals surface area contributed by atoms with Gasteiger partial charge in [0, 0.05) is 0 Å². The number of aryl methyl sites for hydroxylation is 1. The SMILES string of the molecule is CCOC(=O)C1CC1(C(=O)OCC)c1cccc(C)c1. The van der Waals surface area contributed by atoms with Crippen LogP contribution in [0.4, 0.5) is 0 Å². The van der Waals surface area contributed by atoms with E-state index in [0.717, 1.165) is 11.1 Å². The van der Waals surface area contributed by atoms with Crippen LogP contribution in [0.15, 0.2) is 24.3 Å². The van der Waals surface area contributed by atoms with Crippen LogP contribution in [0.25, 0.3) is 0 Å². The summed E-state index contributed by atoms with van der Waals surface area (Å²) in [6.45, 7) is 6.12. The first-order valence-electron chi connectivity index (χ1n) is 6.97. The summed E-state index contributed by atoms with van der Waals surface area (Å²) in [5.41, 5.74) is 1.04. The van der Waals surface area contributed by atoms with Gasteiger partial charge >= 0.3 is 11.9 Å². The minimum Gasteiger partial charge on any atom is -0.466 e. The first-order chi connectivity index (χ1) is 9.56. The Hall–Kier alpha value is -1.84. The zero-order chi connectivity index (χ0) is 14.8. The van der Waals surface area contributed by atoms with Gasteiger partial charge in [-0.25, -0.2) is 0 Å². The summed E-state index contributed by atoms with van der Waals surface area (Å²) >= 11 is 0. The molecule has 0 radical (unpaired) electrons. The van der Waals surface area contributed by atoms with Crippen LogP contribution in [-0.2, 0) is 24.5 Å². The molecule has 4 heteroatoms. The summed E-state index contributed by atoms with van der Waals surface area (Å²) in [6, 6.07) is 7.68. The largest absolute Gasteiger partial charge is 0.466 e. The van der Waals surface area contributed by atoms with E-state index in [1.165, 1.54) is 0 Å². The summed E-state index contributed by atoms with van der Waals surface area (Å²) in [6.07, 6.45) is 0.466. The van der Waals surface area contributed by atoms with Gasteiger partial charge in [0.2, 0.25) is 0 Å². The van der Waals surface area contributed by atoms with E-state index in [0.29, 0.717) is 19.6 Å². The van der Waals surface area contributed by atoms with Gasteiger partial charge in [0.15, 0.2) is 0 Å². The normalized spacial score (nSPS) is 24.1. The molecule has 1 aromatic carbocycles. The van der Waals surface area contributed by atoms with Crippen LogP contribution in [0.3, 0.4) is 0 Å². The molecule has 1 fully saturated rings. The fourth-order valence-electron chi connectivity index (χ4n) is 2.64. The first kappa shape index (κ1) is 14.6. The van der Waals surface area contributed by atoms with E-state index in [-0.39, 0.29) is 11.9 Å². The second kappa shape index (κ2) is 5.65. The third-order valence-electron chi connectivity index (χ3n) is 3.70. The van der Waals surface area contributed by atoms with Crippen LogP contribution < -0.4 is 0 Å². The number of hydrogen-bond donors (Lipinski definition) is 0. The van der Waals surface area contributed by atoms with E-state index < -0.39 is 11.3 Å². The third-order valence-corrected chi connectivity index (χ3v) is 3.70. The predicted molar refractivity (Wildman–Crippen MR) is 74.2 cm³/mol. The van der Waals surface area contributed by atoms with Crippen LogP contribution in [0.5, 0.6) is 0 Å². The molecule has 0 spiro atoms. The van der Waals surface area contributed by atoms with E-state index in [1.807, 2.05) is 31.2 Å². The molecule has 0 aliphatic heterocycles. The molecule has 1 aliphatic carbocycles. The van der Waals surface area contributed by atoms with Crippen LogP contribution in [-0.4, -0.2) is 25.2 Å². The number of benzene rings is 1. The lowest BCUT2D eigenvalue weighted by Gasteiger charge is -2.16. The molecule has 2 rings (SSSR count). The highest BCUT2D eigenvalue weighted by Crippen LogP contribution is 2.56. The molecule has 2 unspecified atom stereocenters. The number of rotatable bonds is 5. The van der Waals surface area contributed by atoms with Crippen molar-refractivity contribution in [1.82, 2.24) is 0 Å². The zero-order valence-electron chi connectivity index (χ0n) is 12.1. The van der Waals surface area contributed by atoms with Gasteiger partial charge in [-0.3, -0.25) is 9.59 Å². The van der Waals surface area contributed by atoms with E-state index in [2.05, 4.69) is 0 Å². The summed E-state index contributed by atoms with van der Waals surface area (Å²) in [7, 11) is 0. The maximum absolute atomic E-state index is 12.3. The Morgan fingerprint density at radius 3 is 2.55 bits per heavy atom. The van der Waals surface area contributed by atoms with Gasteiger partial charge in [0.1, 0.15) is 5.41 Å². The second-order valence-electron chi connectivity index (χ2n) is 5.07. The van der Waals surface area contributed by atoms with Gasteiger partial charge in [0.25, 0.3) is 0 Å². The maximum atomic E-state index is 12.3. The first-order valence-corrected chi connectivity index (χ1v) is 6.97. The summed E-state index contributed by atoms with van der Waals surface area (Å²) in [5, 5.41) is 0. The molecule has 0 aromatic heterocycles. The number of carbonyl (C=O) groups is 2. The summed E-state index contributed by atoms with van der Waals surface area (Å²) in [5.74, 6) is -1.07. The minimum absolute atomic E-state index is 0.307. The second-order valence-corrected chi connectivity index (χ2v) is 5.07. The highest BCUT2D eigenvalue weighted by atomic mass is 16.5. The molecule has 1 aliphatic rings. The average Bonchev–Trinajstić information content (AvgIpc) is 3.16. The van der Waals surface area contributed by atoms with Gasteiger partial charge in [-0.2, -0.15) is 0 Å². The maximum Gasteiger partial charge on any atom is 0.317 e. The fourth-order valence-corrected chi connectivity index (χ4v) is 2.64. The monoisotopic (exact) mass is 276 g/mol. The number of esters is 2. The molecule has 20 heavy (non-hydrogen) atoms. The van der Waals surface area contributed by atoms with Crippen molar-refractivity contribution >= 4 is 11.9 Å². The smallest absolute Gasteiger partial charge is 0.317 e. The number of carbonyl (C=O) groups excluding carboxylic acids is 2. The van der Waals surface area contributed by atoms with E-state index in [1.54, 1.807) is 13.8 Å². The van der Waals surface area contributed by atoms with Crippen molar-refractivity contribution in [3.8, 4) is 0 Å². The Balaban J connectivity index is 2.33. The van der Waals surface area contributed by atoms with Crippen LogP contribution in [0.2, 0.25) is 0 Å². The average molecular weight is 276 g/mol. The van der Waals surface area contributed by atoms with E-state index >= 15 is 0 Å². The molecule has 0 bridgehead atoms. The van der Waals surface area contributed by atoms with Crippen molar-refractivity contribution in [2.45, 2.75) is 32.6 Å². The van der Waals surface area contributed by atoms with E-state index in [9.17, 15) is 9.59 Å². The van der Waals surface area contributed by atoms with Gasteiger partial charge in [-0.1, -0.05) is 29.8 Å². The molecule has 0 saturated heterocycles. The van der Waals surface area contributed by atoms with Gasteiger partial charge < -0.3 is 9.47 Å². The Kier molecular flexibility index (Phi) is 4.12. The molecule has 2 atom stereocenters. The van der Waals surface area contributed by atoms with Crippen molar-refractivity contribution < 1.29 is 19.1 Å². The fraction of sp³-hybridized carbons (Fsp3) is 0.500. The lowest BCUT2D eigenvalue weighted by Crippen LogP contribution is -2.28. The number of ether oxygens (including phenoxy) is 2. The summed E-state index contributed by atoms with van der Waals surface area (Å²) < 4.78 is 10.2. The molecule has 108 valence electrons. The molecular weight excluding hydrogens is 256 g/mol. The van der Waals surface area contributed by atoms with E-state index in [4.69, 9.17) is 9.47 Å². The lowest BCUT2D eigenvalue weighted by atomic mass is 9.92. The van der Waals surface area contributed by atoms with Gasteiger partial charge in [0.05, 0.1) is 19.1 Å². The Labute approximate surface area is 119 Å². The molecule has 0 N–H and O–H groups in total. The molecule has 4 nitrogen and oxygen atoms in total. The minimum atomic E-state index is -0.853. The quantitative estimate of drug-likeness (QED) is 0.775. The standard InChI is InChI=1S/C16H20O4/c1-4-19-14(17)13-10-16(13,15(18)20-5-2)12-8-6-7-11(3)9-12/h6-9,13H,4-5,10H2,1-3H3. The Morgan fingerprint density at radius 1 is 1.25 bits per heavy atom. The highest BCUT2D eigenvalue weighted by Gasteiger charge is 2.66. The van der Waals surface area contributed by atoms with Crippen LogP contribution >= 0.6 is 0 Å². The van der Waals surface area contributed by atoms with Crippen molar-refractivity contribution in [2.75, 3.05) is 13.2 Å². The van der Waals surface area contributed by atoms with Crippen LogP contribution in [0.1, 0.15) is 31.4 Å². The molecule has 0 amide bonds. The highest BCUT2D eigenvalue weighted by molar-refractivity contribution is 5.96. The van der Waals surface area contributed by atoms with Gasteiger partial charge in [-0.15, -0.1) is 0 Å². The molecule has 1 saturated carbocycles. The van der Waals surface area contributed by atoms with Gasteiger partial charge in [-0.05, 0) is 32.8 Å². The molecular formula is C16H20O4. The third kappa shape index (κ3) is 2.42. The Morgan fingerprint density at radius 2 is 1.95 bits per heavy atom. The number of hydrogen-bond acceptors (Lipinski definition) is 4.